The average molecular weight is 329 g/mol. The third kappa shape index (κ3) is 7.76. The molecule has 1 rings (SSSR count). The van der Waals surface area contributed by atoms with Gasteiger partial charge in [0.1, 0.15) is 6.04 Å². The van der Waals surface area contributed by atoms with Gasteiger partial charge in [0.2, 0.25) is 5.91 Å². The minimum atomic E-state index is -0.914. The van der Waals surface area contributed by atoms with Gasteiger partial charge in [0.05, 0.1) is 19.3 Å². The molecule has 3 N–H and O–H groups in total. The molecule has 1 aliphatic rings. The Bertz CT molecular complexity index is 370. The number of morpholine rings is 1. The van der Waals surface area contributed by atoms with E-state index in [4.69, 9.17) is 4.74 Å². The maximum atomic E-state index is 12.4. The summed E-state index contributed by atoms with van der Waals surface area (Å²) in [7, 11) is 0. The van der Waals surface area contributed by atoms with E-state index in [1.807, 2.05) is 13.8 Å². The van der Waals surface area contributed by atoms with E-state index in [0.717, 1.165) is 32.8 Å². The highest BCUT2D eigenvalue weighted by molar-refractivity contribution is 5.83. The summed E-state index contributed by atoms with van der Waals surface area (Å²) >= 11 is 0. The zero-order chi connectivity index (χ0) is 17.2. The Kier molecular flexibility index (Phi) is 9.13. The number of nitrogens with zero attached hydrogens (tertiary/aromatic N) is 1. The standard InChI is InChI=1S/C16H31N3O4/c1-4-13(16(21)22)18-14(11-12(2)3)15(20)17-5-6-19-7-9-23-10-8-19/h12-14,18H,4-11H2,1-3H3,(H,17,20)(H,21,22). The second-order valence-electron chi connectivity index (χ2n) is 6.39. The van der Waals surface area contributed by atoms with Crippen molar-refractivity contribution in [2.45, 2.75) is 45.7 Å². The lowest BCUT2D eigenvalue weighted by molar-refractivity contribution is -0.140. The van der Waals surface area contributed by atoms with E-state index < -0.39 is 18.1 Å². The smallest absolute Gasteiger partial charge is 0.320 e. The highest BCUT2D eigenvalue weighted by Gasteiger charge is 2.25. The largest absolute Gasteiger partial charge is 0.480 e. The van der Waals surface area contributed by atoms with Crippen molar-refractivity contribution >= 4 is 11.9 Å². The molecule has 0 aromatic rings. The van der Waals surface area contributed by atoms with Gasteiger partial charge in [0.15, 0.2) is 0 Å². The van der Waals surface area contributed by atoms with Gasteiger partial charge in [-0.1, -0.05) is 20.8 Å². The lowest BCUT2D eigenvalue weighted by Gasteiger charge is -2.27. The van der Waals surface area contributed by atoms with E-state index in [1.54, 1.807) is 6.92 Å². The second kappa shape index (κ2) is 10.6. The number of amides is 1. The Morgan fingerprint density at radius 2 is 1.87 bits per heavy atom. The summed E-state index contributed by atoms with van der Waals surface area (Å²) in [5, 5.41) is 15.1. The molecule has 2 unspecified atom stereocenters. The number of carbonyl (C=O) groups is 2. The third-order valence-corrected chi connectivity index (χ3v) is 3.96. The predicted octanol–water partition coefficient (Wildman–Crippen LogP) is 0.302. The predicted molar refractivity (Wildman–Crippen MR) is 88.4 cm³/mol. The molecular weight excluding hydrogens is 298 g/mol. The quantitative estimate of drug-likeness (QED) is 0.534. The van der Waals surface area contributed by atoms with Crippen LogP contribution in [0.15, 0.2) is 0 Å². The third-order valence-electron chi connectivity index (χ3n) is 3.96. The molecule has 0 spiro atoms. The Morgan fingerprint density at radius 1 is 1.22 bits per heavy atom. The van der Waals surface area contributed by atoms with E-state index in [2.05, 4.69) is 15.5 Å². The Hall–Kier alpha value is -1.18. The number of carboxylic acid groups (broad SMARTS) is 1. The van der Waals surface area contributed by atoms with Gasteiger partial charge in [-0.2, -0.15) is 0 Å². The molecule has 1 amide bonds. The maximum absolute atomic E-state index is 12.4. The molecule has 1 fully saturated rings. The molecule has 7 nitrogen and oxygen atoms in total. The van der Waals surface area contributed by atoms with Crippen LogP contribution in [-0.2, 0) is 14.3 Å². The minimum absolute atomic E-state index is 0.119. The number of ether oxygens (including phenoxy) is 1. The molecule has 0 aromatic carbocycles. The van der Waals surface area contributed by atoms with Gasteiger partial charge >= 0.3 is 5.97 Å². The van der Waals surface area contributed by atoms with Crippen molar-refractivity contribution in [3.8, 4) is 0 Å². The van der Waals surface area contributed by atoms with E-state index >= 15 is 0 Å². The number of hydrogen-bond donors (Lipinski definition) is 3. The van der Waals surface area contributed by atoms with Crippen molar-refractivity contribution in [3.05, 3.63) is 0 Å². The molecule has 0 aromatic heterocycles. The first-order chi connectivity index (χ1) is 10.9. The number of carbonyl (C=O) groups excluding carboxylic acids is 1. The van der Waals surface area contributed by atoms with Gasteiger partial charge < -0.3 is 15.2 Å². The molecule has 2 atom stereocenters. The molecule has 0 saturated carbocycles. The van der Waals surface area contributed by atoms with Crippen LogP contribution < -0.4 is 10.6 Å². The van der Waals surface area contributed by atoms with Crippen LogP contribution in [-0.4, -0.2) is 73.4 Å². The van der Waals surface area contributed by atoms with Crippen LogP contribution in [0, 0.1) is 5.92 Å². The summed E-state index contributed by atoms with van der Waals surface area (Å²) in [6, 6.07) is -1.16. The highest BCUT2D eigenvalue weighted by atomic mass is 16.5. The molecule has 1 heterocycles. The maximum Gasteiger partial charge on any atom is 0.320 e. The fourth-order valence-electron chi connectivity index (χ4n) is 2.61. The normalized spacial score (nSPS) is 18.6. The number of aliphatic carboxylic acids is 1. The van der Waals surface area contributed by atoms with Gasteiger partial charge in [-0.25, -0.2) is 0 Å². The van der Waals surface area contributed by atoms with Crippen LogP contribution in [0.2, 0.25) is 0 Å². The molecule has 0 aliphatic carbocycles. The van der Waals surface area contributed by atoms with Crippen molar-refractivity contribution < 1.29 is 19.4 Å². The lowest BCUT2D eigenvalue weighted by Crippen LogP contribution is -2.52. The molecule has 134 valence electrons. The van der Waals surface area contributed by atoms with Crippen LogP contribution in [0.25, 0.3) is 0 Å². The molecule has 1 aliphatic heterocycles. The monoisotopic (exact) mass is 329 g/mol. The SMILES string of the molecule is CCC(NC(CC(C)C)C(=O)NCCN1CCOCC1)C(=O)O. The van der Waals surface area contributed by atoms with Crippen LogP contribution in [0.1, 0.15) is 33.6 Å². The highest BCUT2D eigenvalue weighted by Crippen LogP contribution is 2.07. The Balaban J connectivity index is 2.45. The number of carboxylic acids is 1. The van der Waals surface area contributed by atoms with E-state index in [0.29, 0.717) is 25.3 Å². The molecule has 1 saturated heterocycles. The van der Waals surface area contributed by atoms with E-state index in [-0.39, 0.29) is 5.91 Å². The topological polar surface area (TPSA) is 90.9 Å². The van der Waals surface area contributed by atoms with Gasteiger partial charge in [0, 0.05) is 26.2 Å². The zero-order valence-electron chi connectivity index (χ0n) is 14.5. The first-order valence-electron chi connectivity index (χ1n) is 8.50. The minimum Gasteiger partial charge on any atom is -0.480 e. The summed E-state index contributed by atoms with van der Waals surface area (Å²) in [6.07, 6.45) is 1.07. The van der Waals surface area contributed by atoms with Gasteiger partial charge in [-0.15, -0.1) is 0 Å². The molecule has 23 heavy (non-hydrogen) atoms. The van der Waals surface area contributed by atoms with Crippen LogP contribution in [0.3, 0.4) is 0 Å². The van der Waals surface area contributed by atoms with Crippen LogP contribution in [0.4, 0.5) is 0 Å². The Morgan fingerprint density at radius 3 is 2.39 bits per heavy atom. The summed E-state index contributed by atoms with van der Waals surface area (Å²) in [4.78, 5) is 25.8. The average Bonchev–Trinajstić information content (AvgIpc) is 2.51. The number of hydrogen-bond acceptors (Lipinski definition) is 5. The van der Waals surface area contributed by atoms with Crippen molar-refractivity contribution in [2.24, 2.45) is 5.92 Å². The fraction of sp³-hybridized carbons (Fsp3) is 0.875. The number of rotatable bonds is 10. The fourth-order valence-corrected chi connectivity index (χ4v) is 2.61. The van der Waals surface area contributed by atoms with Crippen LogP contribution in [0.5, 0.6) is 0 Å². The summed E-state index contributed by atoms with van der Waals surface area (Å²) in [6.45, 7) is 10.5. The zero-order valence-corrected chi connectivity index (χ0v) is 14.5. The van der Waals surface area contributed by atoms with Gasteiger partial charge in [-0.05, 0) is 18.8 Å². The van der Waals surface area contributed by atoms with Crippen molar-refractivity contribution in [1.29, 1.82) is 0 Å². The van der Waals surface area contributed by atoms with E-state index in [9.17, 15) is 14.7 Å². The molecule has 7 heteroatoms. The first-order valence-corrected chi connectivity index (χ1v) is 8.50. The Labute approximate surface area is 138 Å². The summed E-state index contributed by atoms with van der Waals surface area (Å²) in [5.74, 6) is -0.724. The first kappa shape index (κ1) is 19.9. The number of nitrogens with one attached hydrogen (secondary N) is 2. The van der Waals surface area contributed by atoms with Crippen molar-refractivity contribution in [1.82, 2.24) is 15.5 Å². The molecule has 0 radical (unpaired) electrons. The lowest BCUT2D eigenvalue weighted by atomic mass is 10.0. The summed E-state index contributed by atoms with van der Waals surface area (Å²) in [5.41, 5.74) is 0. The van der Waals surface area contributed by atoms with Crippen molar-refractivity contribution in [2.75, 3.05) is 39.4 Å². The van der Waals surface area contributed by atoms with Crippen LogP contribution >= 0.6 is 0 Å². The van der Waals surface area contributed by atoms with Gasteiger partial charge in [-0.3, -0.25) is 19.8 Å². The molecule has 0 bridgehead atoms. The summed E-state index contributed by atoms with van der Waals surface area (Å²) < 4.78 is 5.29. The van der Waals surface area contributed by atoms with Crippen molar-refractivity contribution in [3.63, 3.8) is 0 Å². The molecular formula is C16H31N3O4. The second-order valence-corrected chi connectivity index (χ2v) is 6.39. The van der Waals surface area contributed by atoms with Gasteiger partial charge in [0.25, 0.3) is 0 Å². The van der Waals surface area contributed by atoms with E-state index in [1.165, 1.54) is 0 Å².